The van der Waals surface area contributed by atoms with Gasteiger partial charge in [-0.25, -0.2) is 4.79 Å². The summed E-state index contributed by atoms with van der Waals surface area (Å²) in [6.45, 7) is 18.6. The van der Waals surface area contributed by atoms with E-state index in [1.54, 1.807) is 55.4 Å². The van der Waals surface area contributed by atoms with Gasteiger partial charge in [0.1, 0.15) is 54.4 Å². The van der Waals surface area contributed by atoms with E-state index in [4.69, 9.17) is 61.4 Å². The van der Waals surface area contributed by atoms with Crippen molar-refractivity contribution in [2.45, 2.75) is 226 Å². The number of guanidine groups is 5. The molecule has 0 saturated carbocycles. The van der Waals surface area contributed by atoms with Crippen molar-refractivity contribution in [2.75, 3.05) is 32.7 Å². The number of carbonyl (C=O) groups excluding carboxylic acids is 9. The first-order valence-electron chi connectivity index (χ1n) is 32.9. The van der Waals surface area contributed by atoms with Gasteiger partial charge in [-0.15, -0.1) is 0 Å². The molecule has 0 heterocycles. The zero-order valence-corrected chi connectivity index (χ0v) is 57.8. The number of carbonyl (C=O) groups is 10. The third-order valence-electron chi connectivity index (χ3n) is 14.5. The molecule has 0 aliphatic heterocycles. The molecule has 0 spiro atoms. The molecule has 0 aromatic carbocycles. The first-order valence-corrected chi connectivity index (χ1v) is 32.9. The number of aliphatic carboxylic acids is 1. The van der Waals surface area contributed by atoms with Crippen LogP contribution in [0.3, 0.4) is 0 Å². The van der Waals surface area contributed by atoms with E-state index in [2.05, 4.69) is 74.4 Å². The first kappa shape index (κ1) is 87.0. The molecule has 10 atom stereocenters. The van der Waals surface area contributed by atoms with Crippen LogP contribution in [0, 0.1) is 56.6 Å². The SMILES string of the molecule is CC(C)C[C@H](NC(=O)[C@H](CCCNC(=N)N)NC(=O)[C@H](CC(C)C)NC(=O)[C@H](CCCNC(=N)N)NC(=O)[C@H](CC(C)C)NC(=O)[C@H](CCCNC(=N)N)NC(=O)[C@H](CC(C)C)NC(=O)[C@H](CCCNC(=N)N)NC(=O)[C@@H](N)CC(C)C)C(=O)N[C@@H](CCCNC(=N)N)C(=O)O. The predicted octanol–water partition coefficient (Wildman–Crippen LogP) is -3.69. The van der Waals surface area contributed by atoms with E-state index in [-0.39, 0.29) is 182 Å². The zero-order valence-electron chi connectivity index (χ0n) is 57.8. The summed E-state index contributed by atoms with van der Waals surface area (Å²) in [6.07, 6.45) is 1.05. The second kappa shape index (κ2) is 47.0. The van der Waals surface area contributed by atoms with Crippen LogP contribution in [0.1, 0.15) is 166 Å². The van der Waals surface area contributed by atoms with Crippen LogP contribution in [0.5, 0.6) is 0 Å². The average Bonchev–Trinajstić information content (AvgIpc) is 0.882. The monoisotopic (exact) mass is 1360 g/mol. The smallest absolute Gasteiger partial charge is 0.326 e. The predicted molar refractivity (Wildman–Crippen MR) is 366 cm³/mol. The fourth-order valence-electron chi connectivity index (χ4n) is 9.86. The highest BCUT2D eigenvalue weighted by Gasteiger charge is 2.37. The third kappa shape index (κ3) is 40.3. The maximum Gasteiger partial charge on any atom is 0.326 e. The van der Waals surface area contributed by atoms with Gasteiger partial charge in [0.2, 0.25) is 53.2 Å². The summed E-state index contributed by atoms with van der Waals surface area (Å²) < 4.78 is 0. The van der Waals surface area contributed by atoms with Crippen LogP contribution in [0.15, 0.2) is 0 Å². The van der Waals surface area contributed by atoms with Crippen LogP contribution in [0.2, 0.25) is 0 Å². The Morgan fingerprint density at radius 1 is 0.281 bits per heavy atom. The van der Waals surface area contributed by atoms with Gasteiger partial charge >= 0.3 is 5.97 Å². The summed E-state index contributed by atoms with van der Waals surface area (Å²) >= 11 is 0. The van der Waals surface area contributed by atoms with Gasteiger partial charge in [-0.1, -0.05) is 69.2 Å². The van der Waals surface area contributed by atoms with E-state index in [0.29, 0.717) is 6.42 Å². The number of amides is 9. The number of hydrogen-bond acceptors (Lipinski definition) is 16. The molecule has 548 valence electrons. The standard InChI is InChI=1S/C60H117N25O11/c1-31(2)26-36(61)46(86)77-37(16-11-21-72-56(62)63)47(87)82-42(27-32(3)4)51(91)78-38(17-12-22-73-57(64)65)48(88)83-43(28-33(5)6)52(92)79-39(18-13-23-74-58(66)67)49(89)84-44(29-34(7)8)53(93)80-40(19-14-24-75-59(68)69)50(90)85-45(30-35(9)10)54(94)81-41(55(95)96)20-15-25-76-60(70)71/h31-45H,11-30,61H2,1-10H3,(H,77,86)(H,78,91)(H,79,92)(H,80,93)(H,81,94)(H,82,87)(H,83,88)(H,84,89)(H,85,90)(H,95,96)(H4,62,63,72)(H4,64,65,73)(H4,66,67,74)(H4,68,69,75)(H4,70,71,76)/t36-,37-,38-,39-,40-,41-,42-,43-,44-,45-/m0/s1. The van der Waals surface area contributed by atoms with Gasteiger partial charge in [0, 0.05) is 32.7 Å². The Hall–Kier alpha value is -8.99. The highest BCUT2D eigenvalue weighted by atomic mass is 16.4. The molecule has 0 aliphatic carbocycles. The lowest BCUT2D eigenvalue weighted by molar-refractivity contribution is -0.142. The lowest BCUT2D eigenvalue weighted by Crippen LogP contribution is -2.61. The second-order valence-corrected chi connectivity index (χ2v) is 26.1. The van der Waals surface area contributed by atoms with Gasteiger partial charge in [-0.2, -0.15) is 0 Å². The van der Waals surface area contributed by atoms with Crippen LogP contribution in [-0.4, -0.2) is 187 Å². The lowest BCUT2D eigenvalue weighted by atomic mass is 9.99. The van der Waals surface area contributed by atoms with E-state index in [1.807, 2.05) is 13.8 Å². The minimum atomic E-state index is -1.43. The van der Waals surface area contributed by atoms with Crippen molar-refractivity contribution < 1.29 is 53.1 Å². The minimum absolute atomic E-state index is 0.00417. The number of hydrogen-bond donors (Lipinski definition) is 26. The summed E-state index contributed by atoms with van der Waals surface area (Å²) in [5.41, 5.74) is 33.6. The Morgan fingerprint density at radius 3 is 0.635 bits per heavy atom. The fraction of sp³-hybridized carbons (Fsp3) is 0.750. The molecule has 0 aromatic heterocycles. The molecule has 0 radical (unpaired) electrons. The summed E-state index contributed by atoms with van der Waals surface area (Å²) in [6, 6.07) is -13.0. The molecule has 0 unspecified atom stereocenters. The van der Waals surface area contributed by atoms with Crippen LogP contribution >= 0.6 is 0 Å². The number of nitrogens with two attached hydrogens (primary N) is 6. The van der Waals surface area contributed by atoms with Crippen molar-refractivity contribution in [1.29, 1.82) is 27.0 Å². The summed E-state index contributed by atoms with van der Waals surface area (Å²) in [4.78, 5) is 141. The zero-order chi connectivity index (χ0) is 73.4. The van der Waals surface area contributed by atoms with Crippen molar-refractivity contribution >= 4 is 88.9 Å². The fourth-order valence-corrected chi connectivity index (χ4v) is 9.86. The molecule has 36 nitrogen and oxygen atoms in total. The van der Waals surface area contributed by atoms with Gasteiger partial charge in [-0.05, 0) is 126 Å². The molecule has 0 fully saturated rings. The van der Waals surface area contributed by atoms with Gasteiger partial charge in [0.25, 0.3) is 0 Å². The summed E-state index contributed by atoms with van der Waals surface area (Å²) in [5.74, 6) is -11.1. The molecule has 0 bridgehead atoms. The maximum absolute atomic E-state index is 14.7. The second-order valence-electron chi connectivity index (χ2n) is 26.1. The Kier molecular flexibility index (Phi) is 42.6. The molecule has 32 N–H and O–H groups in total. The lowest BCUT2D eigenvalue weighted by Gasteiger charge is -2.29. The number of nitrogens with one attached hydrogen (secondary N) is 19. The largest absolute Gasteiger partial charge is 0.480 e. The van der Waals surface area contributed by atoms with Crippen molar-refractivity contribution in [3.8, 4) is 0 Å². The van der Waals surface area contributed by atoms with Crippen LogP contribution in [0.25, 0.3) is 0 Å². The Bertz CT molecular complexity index is 2560. The van der Waals surface area contributed by atoms with E-state index in [9.17, 15) is 53.1 Å². The molecule has 0 aromatic rings. The van der Waals surface area contributed by atoms with Crippen LogP contribution in [0.4, 0.5) is 0 Å². The van der Waals surface area contributed by atoms with Crippen molar-refractivity contribution in [3.05, 3.63) is 0 Å². The van der Waals surface area contributed by atoms with Gasteiger partial charge in [0.05, 0.1) is 6.04 Å². The Morgan fingerprint density at radius 2 is 0.448 bits per heavy atom. The van der Waals surface area contributed by atoms with E-state index < -0.39 is 120 Å². The number of carboxylic acids is 1. The summed E-state index contributed by atoms with van der Waals surface area (Å²) in [5, 5.41) is 85.1. The maximum atomic E-state index is 14.7. The highest BCUT2D eigenvalue weighted by Crippen LogP contribution is 2.15. The molecule has 0 aliphatic rings. The Balaban J connectivity index is 7.33. The third-order valence-corrected chi connectivity index (χ3v) is 14.5. The summed E-state index contributed by atoms with van der Waals surface area (Å²) in [7, 11) is 0. The van der Waals surface area contributed by atoms with Gasteiger partial charge in [0.15, 0.2) is 29.8 Å². The van der Waals surface area contributed by atoms with Gasteiger partial charge in [-0.3, -0.25) is 70.2 Å². The van der Waals surface area contributed by atoms with Crippen molar-refractivity contribution in [1.82, 2.24) is 74.4 Å². The van der Waals surface area contributed by atoms with Crippen LogP contribution < -0.4 is 109 Å². The molecule has 0 saturated heterocycles. The quantitative estimate of drug-likeness (QED) is 0.0158. The van der Waals surface area contributed by atoms with E-state index in [1.165, 1.54) is 0 Å². The molecule has 96 heavy (non-hydrogen) atoms. The number of rotatable bonds is 49. The first-order chi connectivity index (χ1) is 44.8. The molecular formula is C60H117N25O11. The molecular weight excluding hydrogens is 1250 g/mol. The molecule has 36 heteroatoms. The molecule has 9 amide bonds. The van der Waals surface area contributed by atoms with Gasteiger partial charge < -0.3 is 114 Å². The van der Waals surface area contributed by atoms with Crippen molar-refractivity contribution in [3.63, 3.8) is 0 Å². The Labute approximate surface area is 564 Å². The van der Waals surface area contributed by atoms with Crippen molar-refractivity contribution in [2.24, 2.45) is 64.0 Å². The average molecular weight is 1360 g/mol. The highest BCUT2D eigenvalue weighted by molar-refractivity contribution is 5.98. The van der Waals surface area contributed by atoms with E-state index in [0.717, 1.165) is 0 Å². The molecule has 0 rings (SSSR count). The topological polar surface area (TPSA) is 635 Å². The number of carboxylic acid groups (broad SMARTS) is 1. The normalized spacial score (nSPS) is 14.3. The minimum Gasteiger partial charge on any atom is -0.480 e. The van der Waals surface area contributed by atoms with E-state index >= 15 is 0 Å². The van der Waals surface area contributed by atoms with Crippen LogP contribution in [-0.2, 0) is 47.9 Å².